The van der Waals surface area contributed by atoms with E-state index in [4.69, 9.17) is 9.16 Å². The van der Waals surface area contributed by atoms with Crippen LogP contribution >= 0.6 is 0 Å². The van der Waals surface area contributed by atoms with Crippen LogP contribution in [-0.2, 0) is 20.5 Å². The topological polar surface area (TPSA) is 94.0 Å². The van der Waals surface area contributed by atoms with Crippen LogP contribution in [0.2, 0.25) is 18.1 Å². The van der Waals surface area contributed by atoms with E-state index < -0.39 is 25.9 Å². The molecule has 1 fully saturated rings. The molecule has 9 nitrogen and oxygen atoms in total. The number of ether oxygens (including phenoxy) is 1. The fourth-order valence-corrected chi connectivity index (χ4v) is 4.68. The lowest BCUT2D eigenvalue weighted by Crippen LogP contribution is -2.55. The maximum absolute atomic E-state index is 13.5. The molecule has 0 bridgehead atoms. The average Bonchev–Trinajstić information content (AvgIpc) is 2.82. The van der Waals surface area contributed by atoms with Gasteiger partial charge in [0.2, 0.25) is 0 Å². The summed E-state index contributed by atoms with van der Waals surface area (Å²) in [6.45, 7) is 17.3. The van der Waals surface area contributed by atoms with Crippen LogP contribution in [-0.4, -0.2) is 66.6 Å². The van der Waals surface area contributed by atoms with Crippen molar-refractivity contribution < 1.29 is 18.8 Å². The maximum Gasteiger partial charge on any atom is 0.417 e. The zero-order valence-electron chi connectivity index (χ0n) is 24.5. The monoisotopic (exact) mass is 554 g/mol. The van der Waals surface area contributed by atoms with Crippen molar-refractivity contribution in [2.24, 2.45) is 0 Å². The second kappa shape index (κ2) is 11.9. The minimum atomic E-state index is -1.91. The summed E-state index contributed by atoms with van der Waals surface area (Å²) in [5.41, 5.74) is 0.545. The van der Waals surface area contributed by atoms with Crippen molar-refractivity contribution in [2.45, 2.75) is 71.8 Å². The summed E-state index contributed by atoms with van der Waals surface area (Å²) in [6.07, 6.45) is 4.80. The first-order valence-electron chi connectivity index (χ1n) is 13.3. The third-order valence-electron chi connectivity index (χ3n) is 6.94. The molecule has 1 aliphatic rings. The molecule has 0 radical (unpaired) electrons. The summed E-state index contributed by atoms with van der Waals surface area (Å²) in [7, 11) is -1.91. The number of carbonyl (C=O) groups is 2. The summed E-state index contributed by atoms with van der Waals surface area (Å²) in [4.78, 5) is 46.2. The third kappa shape index (κ3) is 8.12. The van der Waals surface area contributed by atoms with Crippen LogP contribution in [0.1, 0.15) is 52.8 Å². The summed E-state index contributed by atoms with van der Waals surface area (Å²) in [5.74, 6) is -0.259. The molecule has 1 aliphatic heterocycles. The average molecular weight is 555 g/mol. The first kappa shape index (κ1) is 30.3. The number of nitrogens with zero attached hydrogens (tertiary/aromatic N) is 4. The summed E-state index contributed by atoms with van der Waals surface area (Å²) in [5, 5.41) is 0.100. The van der Waals surface area contributed by atoms with Crippen molar-refractivity contribution in [3.8, 4) is 0 Å². The zero-order chi connectivity index (χ0) is 29.0. The quantitative estimate of drug-likeness (QED) is 0.449. The van der Waals surface area contributed by atoms with Gasteiger partial charge in [0.1, 0.15) is 5.60 Å². The highest BCUT2D eigenvalue weighted by atomic mass is 28.4. The molecule has 1 aromatic carbocycles. The van der Waals surface area contributed by atoms with Crippen molar-refractivity contribution >= 4 is 32.2 Å². The number of piperazine rings is 1. The van der Waals surface area contributed by atoms with Gasteiger partial charge in [-0.15, -0.1) is 0 Å². The highest BCUT2D eigenvalue weighted by molar-refractivity contribution is 6.74. The van der Waals surface area contributed by atoms with E-state index in [-0.39, 0.29) is 36.0 Å². The molecule has 10 heteroatoms. The number of amides is 2. The molecule has 1 saturated heterocycles. The summed E-state index contributed by atoms with van der Waals surface area (Å²) < 4.78 is 13.2. The standard InChI is InChI=1S/C29H42N4O5Si/c1-28(2,3)38-27(36)33-17-16-31(21-24(33)34)25-26(35)32(19-22-13-10-9-11-14-22)20-23(30-25)15-12-18-37-39(7,8)29(4,5)6/h9-15,20H,16-19,21H2,1-8H3/b15-12+. The molecular weight excluding hydrogens is 512 g/mol. The van der Waals surface area contributed by atoms with Gasteiger partial charge < -0.3 is 18.6 Å². The fourth-order valence-electron chi connectivity index (χ4n) is 3.74. The molecule has 2 heterocycles. The van der Waals surface area contributed by atoms with Gasteiger partial charge in [-0.1, -0.05) is 57.2 Å². The first-order chi connectivity index (χ1) is 18.1. The van der Waals surface area contributed by atoms with Crippen LogP contribution in [0.25, 0.3) is 6.08 Å². The van der Waals surface area contributed by atoms with E-state index in [1.807, 2.05) is 42.5 Å². The van der Waals surface area contributed by atoms with E-state index in [9.17, 15) is 14.4 Å². The van der Waals surface area contributed by atoms with Gasteiger partial charge in [0.05, 0.1) is 25.4 Å². The Morgan fingerprint density at radius 2 is 1.72 bits per heavy atom. The molecule has 0 spiro atoms. The Morgan fingerprint density at radius 3 is 2.31 bits per heavy atom. The number of hydrogen-bond donors (Lipinski definition) is 0. The molecule has 2 aromatic rings. The Balaban J connectivity index is 1.86. The van der Waals surface area contributed by atoms with Crippen molar-refractivity contribution in [1.82, 2.24) is 14.5 Å². The SMILES string of the molecule is CC(C)(C)OC(=O)N1CCN(c2nc(/C=C/CO[Si](C)(C)C(C)(C)C)cn(Cc3ccccc3)c2=O)CC1=O. The Labute approximate surface area is 232 Å². The first-order valence-corrected chi connectivity index (χ1v) is 16.2. The highest BCUT2D eigenvalue weighted by Gasteiger charge is 2.37. The number of carbonyl (C=O) groups excluding carboxylic acids is 2. The number of aromatic nitrogens is 2. The molecule has 1 aromatic heterocycles. The van der Waals surface area contributed by atoms with Gasteiger partial charge in [-0.3, -0.25) is 9.59 Å². The molecular formula is C29H42N4O5Si. The van der Waals surface area contributed by atoms with E-state index in [0.717, 1.165) is 10.5 Å². The van der Waals surface area contributed by atoms with Crippen molar-refractivity contribution in [2.75, 3.05) is 31.1 Å². The van der Waals surface area contributed by atoms with Gasteiger partial charge in [0.25, 0.3) is 11.5 Å². The van der Waals surface area contributed by atoms with Crippen LogP contribution in [0.15, 0.2) is 47.4 Å². The van der Waals surface area contributed by atoms with Gasteiger partial charge in [-0.05, 0) is 50.5 Å². The number of rotatable bonds is 7. The van der Waals surface area contributed by atoms with Crippen molar-refractivity contribution in [3.05, 3.63) is 64.2 Å². The Morgan fingerprint density at radius 1 is 1.05 bits per heavy atom. The summed E-state index contributed by atoms with van der Waals surface area (Å²) >= 11 is 0. The second-order valence-electron chi connectivity index (χ2n) is 12.3. The van der Waals surface area contributed by atoms with Crippen LogP contribution in [0.3, 0.4) is 0 Å². The van der Waals surface area contributed by atoms with E-state index in [1.54, 1.807) is 36.4 Å². The largest absolute Gasteiger partial charge is 0.443 e. The Hall–Kier alpha value is -3.24. The van der Waals surface area contributed by atoms with Crippen LogP contribution < -0.4 is 10.5 Å². The maximum atomic E-state index is 13.5. The molecule has 39 heavy (non-hydrogen) atoms. The smallest absolute Gasteiger partial charge is 0.417 e. The highest BCUT2D eigenvalue weighted by Crippen LogP contribution is 2.36. The lowest BCUT2D eigenvalue weighted by atomic mass is 10.2. The molecule has 0 atom stereocenters. The van der Waals surface area contributed by atoms with Crippen LogP contribution in [0.4, 0.5) is 10.6 Å². The minimum Gasteiger partial charge on any atom is -0.443 e. The molecule has 0 unspecified atom stereocenters. The molecule has 2 amide bonds. The van der Waals surface area contributed by atoms with E-state index in [0.29, 0.717) is 18.8 Å². The number of anilines is 1. The Bertz CT molecular complexity index is 1260. The van der Waals surface area contributed by atoms with Gasteiger partial charge in [-0.2, -0.15) is 0 Å². The van der Waals surface area contributed by atoms with E-state index in [2.05, 4.69) is 38.8 Å². The predicted molar refractivity (Wildman–Crippen MR) is 156 cm³/mol. The normalized spacial score (nSPS) is 15.2. The van der Waals surface area contributed by atoms with Gasteiger partial charge >= 0.3 is 6.09 Å². The lowest BCUT2D eigenvalue weighted by Gasteiger charge is -2.35. The van der Waals surface area contributed by atoms with Gasteiger partial charge in [-0.25, -0.2) is 14.7 Å². The number of benzene rings is 1. The third-order valence-corrected chi connectivity index (χ3v) is 11.4. The van der Waals surface area contributed by atoms with Crippen LogP contribution in [0, 0.1) is 0 Å². The molecule has 0 saturated carbocycles. The number of hydrogen-bond acceptors (Lipinski definition) is 7. The molecule has 3 rings (SSSR count). The second-order valence-corrected chi connectivity index (χ2v) is 17.1. The lowest BCUT2D eigenvalue weighted by molar-refractivity contribution is -0.130. The zero-order valence-corrected chi connectivity index (χ0v) is 25.5. The number of imide groups is 1. The fraction of sp³-hybridized carbons (Fsp3) is 0.517. The molecule has 0 aliphatic carbocycles. The van der Waals surface area contributed by atoms with Crippen LogP contribution in [0.5, 0.6) is 0 Å². The minimum absolute atomic E-state index is 0.100. The summed E-state index contributed by atoms with van der Waals surface area (Å²) in [6, 6.07) is 9.69. The van der Waals surface area contributed by atoms with Crippen molar-refractivity contribution in [3.63, 3.8) is 0 Å². The molecule has 212 valence electrons. The van der Waals surface area contributed by atoms with Crippen molar-refractivity contribution in [1.29, 1.82) is 0 Å². The van der Waals surface area contributed by atoms with Gasteiger partial charge in [0, 0.05) is 19.3 Å². The molecule has 0 N–H and O–H groups in total. The predicted octanol–water partition coefficient (Wildman–Crippen LogP) is 4.91. The Kier molecular flexibility index (Phi) is 9.22. The van der Waals surface area contributed by atoms with Gasteiger partial charge in [0.15, 0.2) is 14.1 Å². The van der Waals surface area contributed by atoms with E-state index >= 15 is 0 Å². The van der Waals surface area contributed by atoms with E-state index in [1.165, 1.54) is 0 Å².